The molecule has 1 aliphatic carbocycles. The summed E-state index contributed by atoms with van der Waals surface area (Å²) >= 11 is 1.77. The molecule has 0 saturated heterocycles. The second kappa shape index (κ2) is 4.35. The number of hydrogen-bond acceptors (Lipinski definition) is 2. The zero-order valence-corrected chi connectivity index (χ0v) is 10.1. The molecule has 1 aromatic heterocycles. The lowest BCUT2D eigenvalue weighted by Crippen LogP contribution is -2.37. The molecule has 1 aliphatic rings. The molecule has 0 aliphatic heterocycles. The quantitative estimate of drug-likeness (QED) is 0.768. The van der Waals surface area contributed by atoms with Crippen molar-refractivity contribution in [3.63, 3.8) is 0 Å². The molecule has 0 aromatic carbocycles. The van der Waals surface area contributed by atoms with Crippen molar-refractivity contribution >= 4 is 17.2 Å². The van der Waals surface area contributed by atoms with E-state index in [1.807, 2.05) is 11.9 Å². The third-order valence-corrected chi connectivity index (χ3v) is 3.91. The van der Waals surface area contributed by atoms with E-state index in [9.17, 15) is 4.79 Å². The van der Waals surface area contributed by atoms with Gasteiger partial charge >= 0.3 is 0 Å². The van der Waals surface area contributed by atoms with Gasteiger partial charge < -0.3 is 4.90 Å². The highest BCUT2D eigenvalue weighted by Crippen LogP contribution is 2.31. The molecule has 1 aromatic rings. The normalized spacial score (nSPS) is 17.5. The van der Waals surface area contributed by atoms with Gasteiger partial charge in [-0.25, -0.2) is 0 Å². The minimum Gasteiger partial charge on any atom is -0.342 e. The Kier molecular flexibility index (Phi) is 3.10. The van der Waals surface area contributed by atoms with Gasteiger partial charge in [-0.05, 0) is 31.2 Å². The molecule has 2 nitrogen and oxygen atoms in total. The molecular weight excluding hydrogens is 206 g/mol. The van der Waals surface area contributed by atoms with Gasteiger partial charge in [-0.15, -0.1) is 11.3 Å². The number of carbonyl (C=O) groups is 1. The molecule has 2 rings (SSSR count). The van der Waals surface area contributed by atoms with Crippen molar-refractivity contribution < 1.29 is 4.79 Å². The largest absolute Gasteiger partial charge is 0.342 e. The Morgan fingerprint density at radius 2 is 2.40 bits per heavy atom. The summed E-state index contributed by atoms with van der Waals surface area (Å²) in [4.78, 5) is 15.1. The van der Waals surface area contributed by atoms with Crippen LogP contribution in [0.4, 0.5) is 0 Å². The Labute approximate surface area is 94.9 Å². The van der Waals surface area contributed by atoms with Crippen molar-refractivity contribution in [2.45, 2.75) is 32.2 Å². The van der Waals surface area contributed by atoms with Crippen molar-refractivity contribution in [2.24, 2.45) is 5.92 Å². The van der Waals surface area contributed by atoms with Crippen molar-refractivity contribution in [1.29, 1.82) is 0 Å². The van der Waals surface area contributed by atoms with Crippen molar-refractivity contribution in [3.8, 4) is 0 Å². The van der Waals surface area contributed by atoms with Gasteiger partial charge in [-0.1, -0.05) is 6.07 Å². The van der Waals surface area contributed by atoms with Crippen LogP contribution in [0.2, 0.25) is 0 Å². The highest BCUT2D eigenvalue weighted by atomic mass is 32.1. The first kappa shape index (κ1) is 10.7. The lowest BCUT2D eigenvalue weighted by atomic mass is 10.1. The predicted octanol–water partition coefficient (Wildman–Crippen LogP) is 2.55. The molecule has 0 N–H and O–H groups in total. The van der Waals surface area contributed by atoms with Crippen LogP contribution in [0.3, 0.4) is 0 Å². The van der Waals surface area contributed by atoms with Crippen LogP contribution >= 0.6 is 11.3 Å². The summed E-state index contributed by atoms with van der Waals surface area (Å²) < 4.78 is 0. The van der Waals surface area contributed by atoms with Gasteiger partial charge in [0.1, 0.15) is 0 Å². The van der Waals surface area contributed by atoms with Gasteiger partial charge in [0.25, 0.3) is 0 Å². The smallest absolute Gasteiger partial charge is 0.225 e. The average Bonchev–Trinajstić information content (AvgIpc) is 2.96. The highest BCUT2D eigenvalue weighted by Gasteiger charge is 2.33. The first-order chi connectivity index (χ1) is 7.18. The Morgan fingerprint density at radius 3 is 2.93 bits per heavy atom. The van der Waals surface area contributed by atoms with Crippen LogP contribution in [0.15, 0.2) is 17.5 Å². The molecule has 82 valence electrons. The summed E-state index contributed by atoms with van der Waals surface area (Å²) in [7, 11) is 1.93. The molecule has 0 radical (unpaired) electrons. The molecule has 1 amide bonds. The number of carbonyl (C=O) groups excluding carboxylic acids is 1. The third kappa shape index (κ3) is 2.59. The molecule has 0 spiro atoms. The number of hydrogen-bond donors (Lipinski definition) is 0. The van der Waals surface area contributed by atoms with Crippen LogP contribution in [0, 0.1) is 5.92 Å². The van der Waals surface area contributed by atoms with Crippen LogP contribution < -0.4 is 0 Å². The maximum atomic E-state index is 11.8. The fraction of sp³-hybridized carbons (Fsp3) is 0.583. The van der Waals surface area contributed by atoms with Gasteiger partial charge in [-0.3, -0.25) is 4.79 Å². The molecular formula is C12H17NOS. The Hall–Kier alpha value is -0.830. The fourth-order valence-corrected chi connectivity index (χ4v) is 2.52. The lowest BCUT2D eigenvalue weighted by molar-refractivity contribution is -0.132. The summed E-state index contributed by atoms with van der Waals surface area (Å²) in [6.45, 7) is 2.12. The van der Waals surface area contributed by atoms with Gasteiger partial charge in [-0.2, -0.15) is 0 Å². The number of nitrogens with zero attached hydrogens (tertiary/aromatic N) is 1. The first-order valence-electron chi connectivity index (χ1n) is 5.47. The first-order valence-corrected chi connectivity index (χ1v) is 6.35. The van der Waals surface area contributed by atoms with E-state index in [4.69, 9.17) is 0 Å². The molecule has 1 fully saturated rings. The summed E-state index contributed by atoms with van der Waals surface area (Å²) in [5.41, 5.74) is 0. The maximum absolute atomic E-state index is 11.8. The summed E-state index contributed by atoms with van der Waals surface area (Å²) in [5, 5.41) is 2.09. The van der Waals surface area contributed by atoms with E-state index in [1.54, 1.807) is 11.3 Å². The molecule has 15 heavy (non-hydrogen) atoms. The zero-order valence-electron chi connectivity index (χ0n) is 9.27. The van der Waals surface area contributed by atoms with Crippen LogP contribution in [0.5, 0.6) is 0 Å². The fourth-order valence-electron chi connectivity index (χ4n) is 1.69. The van der Waals surface area contributed by atoms with E-state index in [0.29, 0.717) is 17.9 Å². The SMILES string of the molecule is CC(Cc1cccs1)N(C)C(=O)C1CC1. The number of rotatable bonds is 4. The van der Waals surface area contributed by atoms with Crippen LogP contribution in [-0.2, 0) is 11.2 Å². The average molecular weight is 223 g/mol. The number of amides is 1. The van der Waals surface area contributed by atoms with Gasteiger partial charge in [0.15, 0.2) is 0 Å². The monoisotopic (exact) mass is 223 g/mol. The summed E-state index contributed by atoms with van der Waals surface area (Å²) in [6.07, 6.45) is 3.16. The molecule has 1 heterocycles. The number of likely N-dealkylation sites (N-methyl/N-ethyl adjacent to an activating group) is 1. The van der Waals surface area contributed by atoms with E-state index in [-0.39, 0.29) is 0 Å². The Balaban J connectivity index is 1.89. The van der Waals surface area contributed by atoms with Gasteiger partial charge in [0.05, 0.1) is 0 Å². The van der Waals surface area contributed by atoms with E-state index in [2.05, 4.69) is 24.4 Å². The molecule has 1 saturated carbocycles. The standard InChI is InChI=1S/C12H17NOS/c1-9(8-11-4-3-7-15-11)13(2)12(14)10-5-6-10/h3-4,7,9-10H,5-6,8H2,1-2H3. The van der Waals surface area contributed by atoms with Crippen LogP contribution in [0.25, 0.3) is 0 Å². The molecule has 0 bridgehead atoms. The van der Waals surface area contributed by atoms with Crippen molar-refractivity contribution in [1.82, 2.24) is 4.90 Å². The van der Waals surface area contributed by atoms with Crippen LogP contribution in [-0.4, -0.2) is 23.9 Å². The number of thiophene rings is 1. The Morgan fingerprint density at radius 1 is 1.67 bits per heavy atom. The lowest BCUT2D eigenvalue weighted by Gasteiger charge is -2.24. The van der Waals surface area contributed by atoms with Crippen molar-refractivity contribution in [3.05, 3.63) is 22.4 Å². The highest BCUT2D eigenvalue weighted by molar-refractivity contribution is 7.09. The molecule has 1 atom stereocenters. The second-order valence-corrected chi connectivity index (χ2v) is 5.39. The van der Waals surface area contributed by atoms with E-state index in [0.717, 1.165) is 19.3 Å². The topological polar surface area (TPSA) is 20.3 Å². The maximum Gasteiger partial charge on any atom is 0.225 e. The minimum atomic E-state index is 0.316. The zero-order chi connectivity index (χ0) is 10.8. The molecule has 3 heteroatoms. The van der Waals surface area contributed by atoms with Crippen LogP contribution in [0.1, 0.15) is 24.6 Å². The predicted molar refractivity (Wildman–Crippen MR) is 63.0 cm³/mol. The van der Waals surface area contributed by atoms with Crippen molar-refractivity contribution in [2.75, 3.05) is 7.05 Å². The summed E-state index contributed by atoms with van der Waals surface area (Å²) in [5.74, 6) is 0.667. The minimum absolute atomic E-state index is 0.316. The summed E-state index contributed by atoms with van der Waals surface area (Å²) in [6, 6.07) is 4.52. The van der Waals surface area contributed by atoms with E-state index in [1.165, 1.54) is 4.88 Å². The van der Waals surface area contributed by atoms with E-state index < -0.39 is 0 Å². The second-order valence-electron chi connectivity index (χ2n) is 4.36. The third-order valence-electron chi connectivity index (χ3n) is 3.01. The Bertz CT molecular complexity index is 329. The van der Waals surface area contributed by atoms with E-state index >= 15 is 0 Å². The molecule has 1 unspecified atom stereocenters. The van der Waals surface area contributed by atoms with Gasteiger partial charge in [0, 0.05) is 30.3 Å². The van der Waals surface area contributed by atoms with Gasteiger partial charge in [0.2, 0.25) is 5.91 Å².